The number of piperidine rings is 1. The van der Waals surface area contributed by atoms with Crippen LogP contribution in [0.3, 0.4) is 0 Å². The lowest BCUT2D eigenvalue weighted by molar-refractivity contribution is 0.580. The number of benzene rings is 3. The number of hydrogen-bond donors (Lipinski definition) is 0. The van der Waals surface area contributed by atoms with Crippen LogP contribution in [0, 0.1) is 20.8 Å². The van der Waals surface area contributed by atoms with Crippen LogP contribution in [-0.4, -0.2) is 13.1 Å². The molecular formula is C30H30ClN7S. The second-order valence-electron chi connectivity index (χ2n) is 9.63. The summed E-state index contributed by atoms with van der Waals surface area (Å²) in [6, 6.07) is 21.2. The quantitative estimate of drug-likeness (QED) is 0.209. The van der Waals surface area contributed by atoms with Crippen molar-refractivity contribution in [3.8, 4) is 0 Å². The Labute approximate surface area is 238 Å². The maximum atomic E-state index is 6.44. The Morgan fingerprint density at radius 3 is 1.90 bits per heavy atom. The van der Waals surface area contributed by atoms with E-state index in [1.54, 1.807) is 23.5 Å². The van der Waals surface area contributed by atoms with E-state index in [2.05, 4.69) is 55.5 Å². The van der Waals surface area contributed by atoms with Gasteiger partial charge in [0, 0.05) is 13.1 Å². The summed E-state index contributed by atoms with van der Waals surface area (Å²) < 4.78 is 0. The topological polar surface area (TPSA) is 77.4 Å². The maximum absolute atomic E-state index is 6.44. The van der Waals surface area contributed by atoms with Crippen molar-refractivity contribution in [3.05, 3.63) is 88.4 Å². The summed E-state index contributed by atoms with van der Waals surface area (Å²) in [7, 11) is 0. The molecule has 0 atom stereocenters. The summed E-state index contributed by atoms with van der Waals surface area (Å²) in [6.07, 6.45) is 3.84. The van der Waals surface area contributed by atoms with Gasteiger partial charge in [0.05, 0.1) is 32.8 Å². The van der Waals surface area contributed by atoms with Crippen LogP contribution in [0.1, 0.15) is 36.0 Å². The minimum atomic E-state index is 0.462. The van der Waals surface area contributed by atoms with Gasteiger partial charge in [0.25, 0.3) is 0 Å². The molecule has 9 heteroatoms. The third-order valence-corrected chi connectivity index (χ3v) is 7.99. The standard InChI is InChI=1S/C30H30ClN7S/c1-20-7-8-23(17-21(20)2)32-36-28-12-10-25(19-26(28)31)33-35-27-11-9-24(18-22(27)3)34-37-29-13-14-30(39-29)38-15-5-4-6-16-38/h7-14,17-19H,4-6,15-16H2,1-3H3. The lowest BCUT2D eigenvalue weighted by Crippen LogP contribution is -2.28. The Balaban J connectivity index is 1.22. The van der Waals surface area contributed by atoms with Crippen molar-refractivity contribution in [1.29, 1.82) is 0 Å². The highest BCUT2D eigenvalue weighted by molar-refractivity contribution is 7.19. The Kier molecular flexibility index (Phi) is 8.54. The van der Waals surface area contributed by atoms with E-state index >= 15 is 0 Å². The monoisotopic (exact) mass is 555 g/mol. The fourth-order valence-corrected chi connectivity index (χ4v) is 5.32. The van der Waals surface area contributed by atoms with Gasteiger partial charge in [-0.25, -0.2) is 0 Å². The van der Waals surface area contributed by atoms with E-state index in [4.69, 9.17) is 11.6 Å². The van der Waals surface area contributed by atoms with E-state index in [1.807, 2.05) is 55.5 Å². The number of anilines is 1. The van der Waals surface area contributed by atoms with Gasteiger partial charge in [-0.3, -0.25) is 0 Å². The van der Waals surface area contributed by atoms with Gasteiger partial charge in [-0.15, -0.1) is 15.3 Å². The minimum Gasteiger partial charge on any atom is -0.363 e. The molecule has 7 nitrogen and oxygen atoms in total. The Morgan fingerprint density at radius 1 is 0.590 bits per heavy atom. The highest BCUT2D eigenvalue weighted by Crippen LogP contribution is 2.36. The predicted octanol–water partition coefficient (Wildman–Crippen LogP) is 11.6. The fourth-order valence-electron chi connectivity index (χ4n) is 4.23. The van der Waals surface area contributed by atoms with E-state index in [-0.39, 0.29) is 0 Å². The van der Waals surface area contributed by atoms with E-state index < -0.39 is 0 Å². The van der Waals surface area contributed by atoms with Crippen molar-refractivity contribution in [2.45, 2.75) is 40.0 Å². The van der Waals surface area contributed by atoms with Gasteiger partial charge in [0.1, 0.15) is 10.7 Å². The van der Waals surface area contributed by atoms with Crippen LogP contribution in [0.15, 0.2) is 97.4 Å². The highest BCUT2D eigenvalue weighted by Gasteiger charge is 2.13. The van der Waals surface area contributed by atoms with Crippen molar-refractivity contribution in [2.24, 2.45) is 30.7 Å². The molecule has 0 spiro atoms. The first-order chi connectivity index (χ1) is 18.9. The number of nitrogens with zero attached hydrogens (tertiary/aromatic N) is 7. The third-order valence-electron chi connectivity index (χ3n) is 6.66. The molecule has 0 amide bonds. The first-order valence-electron chi connectivity index (χ1n) is 13.0. The fraction of sp³-hybridized carbons (Fsp3) is 0.267. The molecule has 1 saturated heterocycles. The van der Waals surface area contributed by atoms with Gasteiger partial charge in [-0.05, 0) is 117 Å². The third kappa shape index (κ3) is 7.02. The van der Waals surface area contributed by atoms with E-state index in [9.17, 15) is 0 Å². The summed E-state index contributed by atoms with van der Waals surface area (Å²) >= 11 is 8.12. The van der Waals surface area contributed by atoms with Crippen molar-refractivity contribution < 1.29 is 0 Å². The molecule has 0 radical (unpaired) electrons. The van der Waals surface area contributed by atoms with Gasteiger partial charge < -0.3 is 4.90 Å². The van der Waals surface area contributed by atoms with Crippen LogP contribution in [-0.2, 0) is 0 Å². The molecule has 1 aliphatic rings. The van der Waals surface area contributed by atoms with Gasteiger partial charge in [-0.2, -0.15) is 15.3 Å². The molecule has 1 aliphatic heterocycles. The molecule has 2 heterocycles. The summed E-state index contributed by atoms with van der Waals surface area (Å²) in [6.45, 7) is 8.36. The Bertz CT molecular complexity index is 1550. The SMILES string of the molecule is Cc1ccc(N=Nc2ccc(N=Nc3ccc(N=Nc4ccc(N5CCCCC5)s4)cc3C)cc2Cl)cc1C. The van der Waals surface area contributed by atoms with Gasteiger partial charge in [0.2, 0.25) is 0 Å². The predicted molar refractivity (Wildman–Crippen MR) is 161 cm³/mol. The second-order valence-corrected chi connectivity index (χ2v) is 11.1. The average molecular weight is 556 g/mol. The molecule has 3 aromatic carbocycles. The molecule has 0 unspecified atom stereocenters. The van der Waals surface area contributed by atoms with Gasteiger partial charge in [0.15, 0.2) is 0 Å². The number of rotatable bonds is 7. The molecule has 0 aliphatic carbocycles. The lowest BCUT2D eigenvalue weighted by Gasteiger charge is -2.26. The van der Waals surface area contributed by atoms with Crippen molar-refractivity contribution in [1.82, 2.24) is 0 Å². The van der Waals surface area contributed by atoms with Crippen molar-refractivity contribution >= 4 is 61.4 Å². The van der Waals surface area contributed by atoms with Crippen LogP contribution in [0.2, 0.25) is 5.02 Å². The minimum absolute atomic E-state index is 0.462. The zero-order chi connectivity index (χ0) is 27.2. The number of azo groups is 3. The second kappa shape index (κ2) is 12.4. The molecular weight excluding hydrogens is 526 g/mol. The molecule has 0 bridgehead atoms. The summed E-state index contributed by atoms with van der Waals surface area (Å²) in [5.74, 6) is 0. The molecule has 39 heavy (non-hydrogen) atoms. The highest BCUT2D eigenvalue weighted by atomic mass is 35.5. The van der Waals surface area contributed by atoms with E-state index in [0.717, 1.165) is 40.7 Å². The molecule has 0 saturated carbocycles. The number of thiophene rings is 1. The lowest BCUT2D eigenvalue weighted by atomic mass is 10.1. The first-order valence-corrected chi connectivity index (χ1v) is 14.2. The first kappa shape index (κ1) is 26.8. The van der Waals surface area contributed by atoms with Crippen LogP contribution < -0.4 is 4.90 Å². The van der Waals surface area contributed by atoms with Crippen LogP contribution in [0.4, 0.5) is 38.4 Å². The van der Waals surface area contributed by atoms with E-state index in [1.165, 1.54) is 35.4 Å². The molecule has 1 aromatic heterocycles. The smallest absolute Gasteiger partial charge is 0.140 e. The molecule has 0 N–H and O–H groups in total. The average Bonchev–Trinajstić information content (AvgIpc) is 3.42. The molecule has 5 rings (SSSR count). The number of hydrogen-bond acceptors (Lipinski definition) is 8. The number of halogens is 1. The zero-order valence-electron chi connectivity index (χ0n) is 22.3. The zero-order valence-corrected chi connectivity index (χ0v) is 23.9. The Hall–Kier alpha value is -3.75. The molecule has 4 aromatic rings. The van der Waals surface area contributed by atoms with Crippen molar-refractivity contribution in [3.63, 3.8) is 0 Å². The molecule has 198 valence electrons. The van der Waals surface area contributed by atoms with Crippen molar-refractivity contribution in [2.75, 3.05) is 18.0 Å². The van der Waals surface area contributed by atoms with Crippen LogP contribution in [0.25, 0.3) is 0 Å². The summed E-state index contributed by atoms with van der Waals surface area (Å²) in [5.41, 5.74) is 6.88. The molecule has 1 fully saturated rings. The summed E-state index contributed by atoms with van der Waals surface area (Å²) in [5, 5.41) is 28.9. The largest absolute Gasteiger partial charge is 0.363 e. The number of aryl methyl sites for hydroxylation is 3. The maximum Gasteiger partial charge on any atom is 0.140 e. The van der Waals surface area contributed by atoms with E-state index in [0.29, 0.717) is 16.4 Å². The summed E-state index contributed by atoms with van der Waals surface area (Å²) in [4.78, 5) is 2.44. The normalized spacial score (nSPS) is 14.3. The Morgan fingerprint density at radius 2 is 1.21 bits per heavy atom. The van der Waals surface area contributed by atoms with Crippen LogP contribution in [0.5, 0.6) is 0 Å². The van der Waals surface area contributed by atoms with Crippen LogP contribution >= 0.6 is 22.9 Å². The van der Waals surface area contributed by atoms with Gasteiger partial charge >= 0.3 is 0 Å². The van der Waals surface area contributed by atoms with Gasteiger partial charge in [-0.1, -0.05) is 29.0 Å².